The summed E-state index contributed by atoms with van der Waals surface area (Å²) >= 11 is 0. The number of nitrogens with two attached hydrogens (primary N) is 1. The number of benzene rings is 1. The van der Waals surface area contributed by atoms with Crippen LogP contribution in [0.4, 0.5) is 4.39 Å². The molecule has 1 rings (SSSR count). The van der Waals surface area contributed by atoms with Crippen molar-refractivity contribution in [2.24, 2.45) is 11.1 Å². The van der Waals surface area contributed by atoms with Gasteiger partial charge in [0, 0.05) is 12.1 Å². The third kappa shape index (κ3) is 5.37. The van der Waals surface area contributed by atoms with Crippen molar-refractivity contribution < 1.29 is 12.8 Å². The zero-order valence-corrected chi connectivity index (χ0v) is 14.1. The van der Waals surface area contributed by atoms with Gasteiger partial charge in [-0.25, -0.2) is 17.5 Å². The van der Waals surface area contributed by atoms with Crippen LogP contribution in [0, 0.1) is 11.2 Å². The van der Waals surface area contributed by atoms with Gasteiger partial charge < -0.3 is 5.73 Å². The van der Waals surface area contributed by atoms with Crippen LogP contribution >= 0.6 is 0 Å². The van der Waals surface area contributed by atoms with Crippen molar-refractivity contribution >= 4 is 10.0 Å². The first-order chi connectivity index (χ1) is 9.36. The van der Waals surface area contributed by atoms with Gasteiger partial charge in [-0.2, -0.15) is 0 Å². The molecule has 0 saturated carbocycles. The third-order valence-corrected chi connectivity index (χ3v) is 4.70. The molecule has 0 atom stereocenters. The molecule has 0 aliphatic heterocycles. The smallest absolute Gasteiger partial charge is 0.241 e. The molecular formula is C15H25FN2O2S. The molecular weight excluding hydrogens is 291 g/mol. The first kappa shape index (κ1) is 18.1. The monoisotopic (exact) mass is 316 g/mol. The number of rotatable bonds is 5. The second kappa shape index (κ2) is 6.02. The maximum atomic E-state index is 13.4. The molecule has 0 amide bonds. The molecule has 0 aliphatic carbocycles. The van der Waals surface area contributed by atoms with Crippen molar-refractivity contribution in [2.45, 2.75) is 58.0 Å². The molecule has 0 fully saturated rings. The molecule has 0 aromatic heterocycles. The van der Waals surface area contributed by atoms with Crippen LogP contribution in [0.3, 0.4) is 0 Å². The Hall–Kier alpha value is -0.980. The Morgan fingerprint density at radius 1 is 1.19 bits per heavy atom. The molecule has 6 heteroatoms. The topological polar surface area (TPSA) is 72.2 Å². The van der Waals surface area contributed by atoms with Gasteiger partial charge in [0.25, 0.3) is 0 Å². The van der Waals surface area contributed by atoms with E-state index in [1.807, 2.05) is 34.6 Å². The molecule has 3 N–H and O–H groups in total. The van der Waals surface area contributed by atoms with Crippen LogP contribution in [0.1, 0.15) is 46.6 Å². The second-order valence-corrected chi connectivity index (χ2v) is 8.83. The van der Waals surface area contributed by atoms with Gasteiger partial charge in [0.15, 0.2) is 0 Å². The van der Waals surface area contributed by atoms with Crippen LogP contribution in [0.5, 0.6) is 0 Å². The lowest BCUT2D eigenvalue weighted by Gasteiger charge is -2.33. The van der Waals surface area contributed by atoms with Crippen LogP contribution in [0.25, 0.3) is 0 Å². The molecule has 0 bridgehead atoms. The highest BCUT2D eigenvalue weighted by Crippen LogP contribution is 2.28. The summed E-state index contributed by atoms with van der Waals surface area (Å²) in [4.78, 5) is -0.0908. The summed E-state index contributed by atoms with van der Waals surface area (Å²) in [6.07, 6.45) is 0.645. The van der Waals surface area contributed by atoms with Crippen molar-refractivity contribution in [2.75, 3.05) is 0 Å². The summed E-state index contributed by atoms with van der Waals surface area (Å²) < 4.78 is 41.1. The van der Waals surface area contributed by atoms with Crippen molar-refractivity contribution in [3.63, 3.8) is 0 Å². The highest BCUT2D eigenvalue weighted by atomic mass is 32.2. The first-order valence-corrected chi connectivity index (χ1v) is 8.37. The number of sulfonamides is 1. The Kier molecular flexibility index (Phi) is 5.18. The lowest BCUT2D eigenvalue weighted by Crippen LogP contribution is -2.46. The zero-order valence-electron chi connectivity index (χ0n) is 13.3. The van der Waals surface area contributed by atoms with E-state index < -0.39 is 21.4 Å². The fraction of sp³-hybridized carbons (Fsp3) is 0.600. The summed E-state index contributed by atoms with van der Waals surface area (Å²) in [6.45, 7) is 9.79. The molecule has 1 aromatic carbocycles. The lowest BCUT2D eigenvalue weighted by molar-refractivity contribution is 0.269. The van der Waals surface area contributed by atoms with Gasteiger partial charge >= 0.3 is 0 Å². The van der Waals surface area contributed by atoms with Crippen LogP contribution in [0.15, 0.2) is 23.1 Å². The normalized spacial score (nSPS) is 13.5. The van der Waals surface area contributed by atoms with E-state index in [2.05, 4.69) is 4.72 Å². The minimum Gasteiger partial charge on any atom is -0.326 e. The molecule has 21 heavy (non-hydrogen) atoms. The molecule has 0 saturated heterocycles. The van der Waals surface area contributed by atoms with Crippen molar-refractivity contribution in [1.29, 1.82) is 0 Å². The Morgan fingerprint density at radius 3 is 2.24 bits per heavy atom. The van der Waals surface area contributed by atoms with Crippen LogP contribution in [-0.2, 0) is 16.6 Å². The predicted octanol–water partition coefficient (Wildman–Crippen LogP) is 2.78. The number of hydrogen-bond donors (Lipinski definition) is 2. The largest absolute Gasteiger partial charge is 0.326 e. The minimum atomic E-state index is -3.83. The lowest BCUT2D eigenvalue weighted by atomic mass is 9.82. The third-order valence-electron chi connectivity index (χ3n) is 2.92. The maximum Gasteiger partial charge on any atom is 0.241 e. The highest BCUT2D eigenvalue weighted by molar-refractivity contribution is 7.89. The van der Waals surface area contributed by atoms with E-state index in [-0.39, 0.29) is 16.9 Å². The molecule has 0 spiro atoms. The Balaban J connectivity index is 3.15. The van der Waals surface area contributed by atoms with E-state index in [1.165, 1.54) is 12.1 Å². The summed E-state index contributed by atoms with van der Waals surface area (Å²) in [5.74, 6) is -0.596. The van der Waals surface area contributed by atoms with Crippen molar-refractivity contribution in [3.05, 3.63) is 29.6 Å². The number of hydrogen-bond acceptors (Lipinski definition) is 3. The van der Waals surface area contributed by atoms with E-state index in [0.29, 0.717) is 12.0 Å². The summed E-state index contributed by atoms with van der Waals surface area (Å²) in [7, 11) is -3.83. The van der Waals surface area contributed by atoms with Crippen LogP contribution < -0.4 is 10.5 Å². The Labute approximate surface area is 127 Å². The van der Waals surface area contributed by atoms with Gasteiger partial charge in [-0.1, -0.05) is 26.8 Å². The quantitative estimate of drug-likeness (QED) is 0.877. The van der Waals surface area contributed by atoms with E-state index in [9.17, 15) is 12.8 Å². The SMILES string of the molecule is CC(C)(C)CC(C)(C)NS(=O)(=O)c1cc(F)ccc1CN. The average Bonchev–Trinajstić information content (AvgIpc) is 2.23. The van der Waals surface area contributed by atoms with E-state index in [1.54, 1.807) is 0 Å². The van der Waals surface area contributed by atoms with Gasteiger partial charge in [-0.15, -0.1) is 0 Å². The predicted molar refractivity (Wildman–Crippen MR) is 82.8 cm³/mol. The Morgan fingerprint density at radius 2 is 1.76 bits per heavy atom. The Bertz CT molecular complexity index is 605. The molecule has 0 unspecified atom stereocenters. The van der Waals surface area contributed by atoms with E-state index in [4.69, 9.17) is 5.73 Å². The van der Waals surface area contributed by atoms with Gasteiger partial charge in [-0.3, -0.25) is 0 Å². The molecule has 1 aromatic rings. The van der Waals surface area contributed by atoms with Crippen LogP contribution in [0.2, 0.25) is 0 Å². The van der Waals surface area contributed by atoms with Gasteiger partial charge in [-0.05, 0) is 43.4 Å². The highest BCUT2D eigenvalue weighted by Gasteiger charge is 2.31. The standard InChI is InChI=1S/C15H25FN2O2S/c1-14(2,3)10-15(4,5)18-21(19,20)13-8-12(16)7-6-11(13)9-17/h6-8,18H,9-10,17H2,1-5H3. The van der Waals surface area contributed by atoms with E-state index in [0.717, 1.165) is 6.07 Å². The molecule has 4 nitrogen and oxygen atoms in total. The number of halogens is 1. The number of nitrogens with one attached hydrogen (secondary N) is 1. The van der Waals surface area contributed by atoms with Gasteiger partial charge in [0.2, 0.25) is 10.0 Å². The average molecular weight is 316 g/mol. The second-order valence-electron chi connectivity index (χ2n) is 7.18. The fourth-order valence-corrected chi connectivity index (χ4v) is 4.40. The van der Waals surface area contributed by atoms with Gasteiger partial charge in [0.05, 0.1) is 4.90 Å². The van der Waals surface area contributed by atoms with Crippen molar-refractivity contribution in [3.8, 4) is 0 Å². The van der Waals surface area contributed by atoms with Gasteiger partial charge in [0.1, 0.15) is 5.82 Å². The molecule has 120 valence electrons. The fourth-order valence-electron chi connectivity index (χ4n) is 2.73. The van der Waals surface area contributed by atoms with Crippen LogP contribution in [-0.4, -0.2) is 14.0 Å². The van der Waals surface area contributed by atoms with Crippen molar-refractivity contribution in [1.82, 2.24) is 4.72 Å². The summed E-state index contributed by atoms with van der Waals surface area (Å²) in [5.41, 5.74) is 5.27. The molecule has 0 heterocycles. The van der Waals surface area contributed by atoms with E-state index >= 15 is 0 Å². The summed E-state index contributed by atoms with van der Waals surface area (Å²) in [6, 6.07) is 3.62. The first-order valence-electron chi connectivity index (χ1n) is 6.89. The molecule has 0 radical (unpaired) electrons. The zero-order chi connectivity index (χ0) is 16.5. The maximum absolute atomic E-state index is 13.4. The molecule has 0 aliphatic rings. The summed E-state index contributed by atoms with van der Waals surface area (Å²) in [5, 5.41) is 0. The minimum absolute atomic E-state index is 0.0370.